The van der Waals surface area contributed by atoms with Gasteiger partial charge in [-0.25, -0.2) is 4.68 Å². The average molecular weight is 466 g/mol. The Hall–Kier alpha value is -3.66. The summed E-state index contributed by atoms with van der Waals surface area (Å²) in [5, 5.41) is 21.5. The molecule has 0 spiro atoms. The van der Waals surface area contributed by atoms with E-state index < -0.39 is 10.8 Å². The number of carbonyl (C=O) groups excluding carboxylic acids is 2. The lowest BCUT2D eigenvalue weighted by Gasteiger charge is -2.12. The molecule has 33 heavy (non-hydrogen) atoms. The Morgan fingerprint density at radius 2 is 1.94 bits per heavy atom. The predicted octanol–water partition coefficient (Wildman–Crippen LogP) is 3.46. The van der Waals surface area contributed by atoms with Gasteiger partial charge in [-0.15, -0.1) is 0 Å². The number of amides is 2. The van der Waals surface area contributed by atoms with Crippen molar-refractivity contribution in [2.45, 2.75) is 31.4 Å². The van der Waals surface area contributed by atoms with Crippen LogP contribution in [-0.4, -0.2) is 33.1 Å². The number of carbonyl (C=O) groups is 2. The molecule has 2 amide bonds. The monoisotopic (exact) mass is 465 g/mol. The Labute approximate surface area is 194 Å². The minimum absolute atomic E-state index is 0.0318. The van der Waals surface area contributed by atoms with Crippen LogP contribution in [0.4, 0.5) is 11.5 Å². The lowest BCUT2D eigenvalue weighted by Crippen LogP contribution is -2.30. The Bertz CT molecular complexity index is 1210. The summed E-state index contributed by atoms with van der Waals surface area (Å²) in [5.74, 6) is 1.16. The molecular formula is C23H23N5O4S. The molecule has 2 heterocycles. The van der Waals surface area contributed by atoms with Crippen LogP contribution in [0.3, 0.4) is 0 Å². The van der Waals surface area contributed by atoms with Gasteiger partial charge in [-0.3, -0.25) is 19.7 Å². The van der Waals surface area contributed by atoms with E-state index in [1.807, 2.05) is 30.3 Å². The van der Waals surface area contributed by atoms with Crippen LogP contribution in [0.5, 0.6) is 0 Å². The first-order valence-corrected chi connectivity index (χ1v) is 11.6. The van der Waals surface area contributed by atoms with Crippen molar-refractivity contribution >= 4 is 35.1 Å². The van der Waals surface area contributed by atoms with Gasteiger partial charge in [-0.2, -0.15) is 16.9 Å². The van der Waals surface area contributed by atoms with Crippen molar-refractivity contribution < 1.29 is 14.5 Å². The maximum absolute atomic E-state index is 13.0. The number of hydrogen-bond donors (Lipinski definition) is 2. The maximum atomic E-state index is 13.0. The van der Waals surface area contributed by atoms with Gasteiger partial charge in [-0.05, 0) is 25.0 Å². The fourth-order valence-electron chi connectivity index (χ4n) is 3.75. The minimum Gasteiger partial charge on any atom is -0.354 e. The maximum Gasteiger partial charge on any atom is 0.273 e. The number of fused-ring (bicyclic) bond motifs is 1. The van der Waals surface area contributed by atoms with Crippen molar-refractivity contribution in [1.82, 2.24) is 15.1 Å². The standard InChI is InChI=1S/C23H23N5O4S/c1-15-17(8-5-9-20(15)28(31)32)23(30)25-22-18-13-33-14-19(18)26-27(22)12-21(29)24-11-10-16-6-3-2-4-7-16/h2-9H,10-14H2,1H3,(H,24,29)(H,25,30). The zero-order chi connectivity index (χ0) is 23.4. The number of nitrogens with one attached hydrogen (secondary N) is 2. The number of benzene rings is 2. The normalized spacial score (nSPS) is 12.3. The van der Waals surface area contributed by atoms with Crippen molar-refractivity contribution in [3.8, 4) is 0 Å². The van der Waals surface area contributed by atoms with Gasteiger partial charge in [0.05, 0.1) is 10.6 Å². The molecule has 1 aliphatic rings. The largest absolute Gasteiger partial charge is 0.354 e. The number of hydrogen-bond acceptors (Lipinski definition) is 6. The molecule has 0 saturated carbocycles. The summed E-state index contributed by atoms with van der Waals surface area (Å²) in [7, 11) is 0. The average Bonchev–Trinajstić information content (AvgIpc) is 3.37. The molecule has 2 aromatic carbocycles. The molecular weight excluding hydrogens is 442 g/mol. The van der Waals surface area contributed by atoms with Gasteiger partial charge in [0, 0.05) is 40.8 Å². The van der Waals surface area contributed by atoms with Gasteiger partial charge in [-0.1, -0.05) is 36.4 Å². The van der Waals surface area contributed by atoms with E-state index in [2.05, 4.69) is 15.7 Å². The van der Waals surface area contributed by atoms with E-state index in [-0.39, 0.29) is 29.3 Å². The smallest absolute Gasteiger partial charge is 0.273 e. The topological polar surface area (TPSA) is 119 Å². The van der Waals surface area contributed by atoms with Crippen LogP contribution < -0.4 is 10.6 Å². The van der Waals surface area contributed by atoms with Gasteiger partial charge < -0.3 is 10.6 Å². The fourth-order valence-corrected chi connectivity index (χ4v) is 4.78. The van der Waals surface area contributed by atoms with Crippen molar-refractivity contribution in [2.24, 2.45) is 0 Å². The highest BCUT2D eigenvalue weighted by Gasteiger charge is 2.26. The van der Waals surface area contributed by atoms with Crippen LogP contribution in [0.2, 0.25) is 0 Å². The predicted molar refractivity (Wildman–Crippen MR) is 126 cm³/mol. The molecule has 170 valence electrons. The summed E-state index contributed by atoms with van der Waals surface area (Å²) < 4.78 is 1.51. The minimum atomic E-state index is -0.509. The summed E-state index contributed by atoms with van der Waals surface area (Å²) in [4.78, 5) is 36.3. The van der Waals surface area contributed by atoms with Crippen LogP contribution >= 0.6 is 11.8 Å². The van der Waals surface area contributed by atoms with E-state index in [1.54, 1.807) is 24.8 Å². The van der Waals surface area contributed by atoms with Crippen molar-refractivity contribution in [3.63, 3.8) is 0 Å². The summed E-state index contributed by atoms with van der Waals surface area (Å²) in [6.07, 6.45) is 0.717. The van der Waals surface area contributed by atoms with Crippen molar-refractivity contribution in [2.75, 3.05) is 11.9 Å². The Morgan fingerprint density at radius 3 is 2.70 bits per heavy atom. The molecule has 3 aromatic rings. The molecule has 0 aliphatic carbocycles. The second-order valence-electron chi connectivity index (χ2n) is 7.67. The highest BCUT2D eigenvalue weighted by molar-refractivity contribution is 7.98. The van der Waals surface area contributed by atoms with E-state index in [0.29, 0.717) is 30.3 Å². The number of rotatable bonds is 8. The third-order valence-electron chi connectivity index (χ3n) is 5.47. The fraction of sp³-hybridized carbons (Fsp3) is 0.261. The summed E-state index contributed by atoms with van der Waals surface area (Å²) in [6, 6.07) is 14.3. The van der Waals surface area contributed by atoms with Gasteiger partial charge in [0.1, 0.15) is 12.4 Å². The van der Waals surface area contributed by atoms with E-state index in [1.165, 1.54) is 16.8 Å². The van der Waals surface area contributed by atoms with Gasteiger partial charge >= 0.3 is 0 Å². The van der Waals surface area contributed by atoms with E-state index in [9.17, 15) is 19.7 Å². The molecule has 1 aliphatic heterocycles. The first-order valence-electron chi connectivity index (χ1n) is 10.5. The van der Waals surface area contributed by atoms with Gasteiger partial charge in [0.15, 0.2) is 0 Å². The van der Waals surface area contributed by atoms with Crippen LogP contribution in [-0.2, 0) is 29.3 Å². The molecule has 0 radical (unpaired) electrons. The number of thioether (sulfide) groups is 1. The molecule has 2 N–H and O–H groups in total. The second-order valence-corrected chi connectivity index (χ2v) is 8.66. The van der Waals surface area contributed by atoms with Crippen molar-refractivity contribution in [3.05, 3.63) is 86.6 Å². The molecule has 4 rings (SSSR count). The summed E-state index contributed by atoms with van der Waals surface area (Å²) in [6.45, 7) is 2.01. The molecule has 0 atom stereocenters. The molecule has 0 unspecified atom stereocenters. The van der Waals surface area contributed by atoms with Gasteiger partial charge in [0.25, 0.3) is 11.6 Å². The number of aromatic nitrogens is 2. The van der Waals surface area contributed by atoms with E-state index in [4.69, 9.17) is 0 Å². The van der Waals surface area contributed by atoms with Crippen LogP contribution in [0.25, 0.3) is 0 Å². The Balaban J connectivity index is 1.48. The lowest BCUT2D eigenvalue weighted by molar-refractivity contribution is -0.385. The molecule has 0 saturated heterocycles. The first kappa shape index (κ1) is 22.5. The highest BCUT2D eigenvalue weighted by atomic mass is 32.2. The number of nitro groups is 1. The van der Waals surface area contributed by atoms with E-state index >= 15 is 0 Å². The van der Waals surface area contributed by atoms with Crippen molar-refractivity contribution in [1.29, 1.82) is 0 Å². The quantitative estimate of drug-likeness (QED) is 0.388. The number of anilines is 1. The number of nitro benzene ring substituents is 1. The Morgan fingerprint density at radius 1 is 1.15 bits per heavy atom. The van der Waals surface area contributed by atoms with Gasteiger partial charge in [0.2, 0.25) is 5.91 Å². The number of nitrogens with zero attached hydrogens (tertiary/aromatic N) is 3. The molecule has 9 nitrogen and oxygen atoms in total. The van der Waals surface area contributed by atoms with Crippen LogP contribution in [0, 0.1) is 17.0 Å². The second kappa shape index (κ2) is 9.86. The third kappa shape index (κ3) is 5.06. The first-order chi connectivity index (χ1) is 15.9. The molecule has 0 bridgehead atoms. The zero-order valence-corrected chi connectivity index (χ0v) is 18.9. The molecule has 1 aromatic heterocycles. The van der Waals surface area contributed by atoms with Crippen LogP contribution in [0.15, 0.2) is 48.5 Å². The lowest BCUT2D eigenvalue weighted by atomic mass is 10.1. The Kier molecular flexibility index (Phi) is 6.74. The third-order valence-corrected chi connectivity index (χ3v) is 6.44. The zero-order valence-electron chi connectivity index (χ0n) is 18.0. The molecule has 10 heteroatoms. The van der Waals surface area contributed by atoms with E-state index in [0.717, 1.165) is 16.8 Å². The van der Waals surface area contributed by atoms with Crippen LogP contribution in [0.1, 0.15) is 32.7 Å². The SMILES string of the molecule is Cc1c(C(=O)Nc2c3c(nn2CC(=O)NCCc2ccccc2)CSC3)cccc1[N+](=O)[O-]. The summed E-state index contributed by atoms with van der Waals surface area (Å²) in [5.41, 5.74) is 3.24. The molecule has 0 fully saturated rings. The summed E-state index contributed by atoms with van der Waals surface area (Å²) >= 11 is 1.68. The highest BCUT2D eigenvalue weighted by Crippen LogP contribution is 2.35.